The van der Waals surface area contributed by atoms with Crippen molar-refractivity contribution >= 4 is 45.5 Å². The van der Waals surface area contributed by atoms with Gasteiger partial charge in [0.05, 0.1) is 11.5 Å². The Morgan fingerprint density at radius 2 is 1.24 bits per heavy atom. The number of thioether (sulfide) groups is 3. The summed E-state index contributed by atoms with van der Waals surface area (Å²) in [5.74, 6) is 4.75. The van der Waals surface area contributed by atoms with Crippen molar-refractivity contribution in [3.05, 3.63) is 47.3 Å². The molecule has 7 heteroatoms. The molecule has 0 saturated carbocycles. The highest BCUT2D eigenvalue weighted by atomic mass is 32.2. The fraction of sp³-hybridized carbons (Fsp3) is 0.286. The second-order valence-electron chi connectivity index (χ2n) is 4.30. The van der Waals surface area contributed by atoms with Crippen LogP contribution in [0.15, 0.2) is 33.1 Å². The van der Waals surface area contributed by atoms with Gasteiger partial charge in [-0.15, -0.1) is 11.8 Å². The molecule has 0 spiro atoms. The summed E-state index contributed by atoms with van der Waals surface area (Å²) in [6, 6.07) is 7.08. The molecule has 0 amide bonds. The molecule has 21 heavy (non-hydrogen) atoms. The normalized spacial score (nSPS) is 17.3. The van der Waals surface area contributed by atoms with Crippen LogP contribution in [0.2, 0.25) is 0 Å². The maximum absolute atomic E-state index is 11.9. The topological polar surface area (TPSA) is 60.4 Å². The molecule has 1 aliphatic heterocycles. The van der Waals surface area contributed by atoms with Gasteiger partial charge in [0.15, 0.2) is 11.5 Å². The van der Waals surface area contributed by atoms with Crippen molar-refractivity contribution in [1.29, 1.82) is 0 Å². The molecule has 0 aliphatic carbocycles. The van der Waals surface area contributed by atoms with Crippen molar-refractivity contribution in [3.63, 3.8) is 0 Å². The molecular formula is C14H12O4S3. The standard InChI is InChI=1S/C14H12O4S3/c15-13-11-3-1-9(17-11)7-19-8-10-2-4-12(18-10)14(16)21-6-5-20-13/h1-4H,5-8H2. The van der Waals surface area contributed by atoms with Crippen LogP contribution in [-0.2, 0) is 11.5 Å². The zero-order valence-electron chi connectivity index (χ0n) is 11.0. The number of furan rings is 2. The van der Waals surface area contributed by atoms with E-state index in [1.165, 1.54) is 23.5 Å². The first-order valence-electron chi connectivity index (χ1n) is 6.32. The molecule has 4 nitrogen and oxygen atoms in total. The third-order valence-corrected chi connectivity index (χ3v) is 5.74. The van der Waals surface area contributed by atoms with Crippen LogP contribution in [0, 0.1) is 0 Å². The van der Waals surface area contributed by atoms with Crippen molar-refractivity contribution in [3.8, 4) is 0 Å². The maximum atomic E-state index is 11.9. The van der Waals surface area contributed by atoms with E-state index in [4.69, 9.17) is 8.83 Å². The van der Waals surface area contributed by atoms with Crippen molar-refractivity contribution in [2.45, 2.75) is 11.5 Å². The molecule has 0 fully saturated rings. The van der Waals surface area contributed by atoms with E-state index >= 15 is 0 Å². The zero-order chi connectivity index (χ0) is 14.7. The van der Waals surface area contributed by atoms with Gasteiger partial charge < -0.3 is 8.83 Å². The summed E-state index contributed by atoms with van der Waals surface area (Å²) in [5, 5.41) is -0.178. The van der Waals surface area contributed by atoms with Crippen LogP contribution >= 0.6 is 35.3 Å². The van der Waals surface area contributed by atoms with Crippen molar-refractivity contribution < 1.29 is 18.4 Å². The predicted molar refractivity (Wildman–Crippen MR) is 86.0 cm³/mol. The van der Waals surface area contributed by atoms with Gasteiger partial charge in [-0.3, -0.25) is 9.59 Å². The minimum Gasteiger partial charge on any atom is -0.456 e. The molecule has 3 rings (SSSR count). The Bertz CT molecular complexity index is 602. The van der Waals surface area contributed by atoms with Gasteiger partial charge in [0, 0.05) is 11.5 Å². The second kappa shape index (κ2) is 6.81. The largest absolute Gasteiger partial charge is 0.456 e. The van der Waals surface area contributed by atoms with E-state index in [1.54, 1.807) is 23.9 Å². The van der Waals surface area contributed by atoms with Crippen LogP contribution in [-0.4, -0.2) is 21.7 Å². The number of rotatable bonds is 0. The highest BCUT2D eigenvalue weighted by Crippen LogP contribution is 2.25. The van der Waals surface area contributed by atoms with Gasteiger partial charge >= 0.3 is 0 Å². The molecule has 0 atom stereocenters. The van der Waals surface area contributed by atoms with Crippen molar-refractivity contribution in [2.75, 3.05) is 11.5 Å². The van der Waals surface area contributed by atoms with Gasteiger partial charge in [0.25, 0.3) is 10.2 Å². The average molecular weight is 340 g/mol. The summed E-state index contributed by atoms with van der Waals surface area (Å²) in [5.41, 5.74) is 0. The molecular weight excluding hydrogens is 328 g/mol. The lowest BCUT2D eigenvalue weighted by molar-refractivity contribution is 0.105. The average Bonchev–Trinajstić information content (AvgIpc) is 3.11. The summed E-state index contributed by atoms with van der Waals surface area (Å²) < 4.78 is 11.1. The predicted octanol–water partition coefficient (Wildman–Crippen LogP) is 4.07. The molecule has 0 saturated heterocycles. The molecule has 4 bridgehead atoms. The van der Waals surface area contributed by atoms with Crippen LogP contribution in [0.4, 0.5) is 0 Å². The molecule has 0 radical (unpaired) electrons. The Labute approximate surface area is 134 Å². The summed E-state index contributed by atoms with van der Waals surface area (Å²) in [7, 11) is 0. The summed E-state index contributed by atoms with van der Waals surface area (Å²) in [4.78, 5) is 23.8. The molecule has 1 aliphatic rings. The Morgan fingerprint density at radius 1 is 0.762 bits per heavy atom. The lowest BCUT2D eigenvalue weighted by Crippen LogP contribution is -1.98. The van der Waals surface area contributed by atoms with E-state index in [2.05, 4.69) is 0 Å². The van der Waals surface area contributed by atoms with Crippen molar-refractivity contribution in [1.82, 2.24) is 0 Å². The smallest absolute Gasteiger partial charge is 0.254 e. The number of fused-ring (bicyclic) bond motifs is 4. The fourth-order valence-electron chi connectivity index (χ4n) is 1.79. The molecule has 3 heterocycles. The molecule has 2 aromatic heterocycles. The quantitative estimate of drug-likeness (QED) is 0.716. The Morgan fingerprint density at radius 3 is 1.71 bits per heavy atom. The molecule has 0 N–H and O–H groups in total. The van der Waals surface area contributed by atoms with E-state index in [1.807, 2.05) is 12.1 Å². The SMILES string of the molecule is O=C1SCCSC(=O)c2ccc(o2)CSCc2ccc1o2. The van der Waals surface area contributed by atoms with E-state index in [9.17, 15) is 9.59 Å². The zero-order valence-corrected chi connectivity index (χ0v) is 13.4. The Hall–Kier alpha value is -1.05. The first-order valence-corrected chi connectivity index (χ1v) is 9.44. The van der Waals surface area contributed by atoms with E-state index < -0.39 is 0 Å². The second-order valence-corrected chi connectivity index (χ2v) is 7.42. The number of carbonyl (C=O) groups is 2. The van der Waals surface area contributed by atoms with Gasteiger partial charge in [-0.1, -0.05) is 23.5 Å². The van der Waals surface area contributed by atoms with Gasteiger partial charge in [-0.05, 0) is 24.3 Å². The number of carbonyl (C=O) groups excluding carboxylic acids is 2. The van der Waals surface area contributed by atoms with Crippen LogP contribution in [0.5, 0.6) is 0 Å². The lowest BCUT2D eigenvalue weighted by Gasteiger charge is -1.98. The third-order valence-electron chi connectivity index (χ3n) is 2.76. The Balaban J connectivity index is 1.76. The highest BCUT2D eigenvalue weighted by Gasteiger charge is 2.16. The summed E-state index contributed by atoms with van der Waals surface area (Å²) in [6.07, 6.45) is 0. The van der Waals surface area contributed by atoms with E-state index in [0.29, 0.717) is 34.5 Å². The minimum absolute atomic E-state index is 0.0890. The number of hydrogen-bond donors (Lipinski definition) is 0. The van der Waals surface area contributed by atoms with Crippen LogP contribution in [0.3, 0.4) is 0 Å². The third kappa shape index (κ3) is 3.78. The van der Waals surface area contributed by atoms with Gasteiger partial charge in [0.1, 0.15) is 11.5 Å². The van der Waals surface area contributed by atoms with Crippen LogP contribution < -0.4 is 0 Å². The fourth-order valence-corrected chi connectivity index (χ4v) is 4.15. The van der Waals surface area contributed by atoms with Crippen LogP contribution in [0.25, 0.3) is 0 Å². The monoisotopic (exact) mass is 340 g/mol. The van der Waals surface area contributed by atoms with Crippen molar-refractivity contribution in [2.24, 2.45) is 0 Å². The van der Waals surface area contributed by atoms with Gasteiger partial charge in [-0.2, -0.15) is 0 Å². The summed E-state index contributed by atoms with van der Waals surface area (Å²) in [6.45, 7) is 0. The number of hydrogen-bond acceptors (Lipinski definition) is 7. The first-order chi connectivity index (χ1) is 10.2. The van der Waals surface area contributed by atoms with Gasteiger partial charge in [0.2, 0.25) is 0 Å². The van der Waals surface area contributed by atoms with E-state index in [0.717, 1.165) is 11.5 Å². The lowest BCUT2D eigenvalue weighted by atomic mass is 10.4. The molecule has 0 unspecified atom stereocenters. The molecule has 110 valence electrons. The minimum atomic E-state index is -0.0890. The molecule has 0 aromatic carbocycles. The highest BCUT2D eigenvalue weighted by molar-refractivity contribution is 8.17. The Kier molecular flexibility index (Phi) is 4.82. The molecule has 2 aromatic rings. The van der Waals surface area contributed by atoms with Gasteiger partial charge in [-0.25, -0.2) is 0 Å². The maximum Gasteiger partial charge on any atom is 0.254 e. The summed E-state index contributed by atoms with van der Waals surface area (Å²) >= 11 is 3.96. The first kappa shape index (κ1) is 14.9. The van der Waals surface area contributed by atoms with Crippen LogP contribution in [0.1, 0.15) is 32.6 Å². The van der Waals surface area contributed by atoms with E-state index in [-0.39, 0.29) is 10.2 Å².